The zero-order chi connectivity index (χ0) is 11.4. The second-order valence-electron chi connectivity index (χ2n) is 3.17. The SMILES string of the molecule is NCc1cnc(CSc2cccc(Cl)c2)s1. The van der Waals surface area contributed by atoms with Gasteiger partial charge in [-0.05, 0) is 18.2 Å². The normalized spacial score (nSPS) is 10.6. The molecule has 0 amide bonds. The maximum Gasteiger partial charge on any atom is 0.103 e. The molecular formula is C11H11ClN2S2. The van der Waals surface area contributed by atoms with Gasteiger partial charge in [0.15, 0.2) is 0 Å². The summed E-state index contributed by atoms with van der Waals surface area (Å²) in [5.41, 5.74) is 5.54. The first-order valence-electron chi connectivity index (χ1n) is 4.80. The van der Waals surface area contributed by atoms with Gasteiger partial charge in [0.05, 0.1) is 5.75 Å². The Morgan fingerprint density at radius 1 is 1.44 bits per heavy atom. The van der Waals surface area contributed by atoms with Crippen molar-refractivity contribution in [2.75, 3.05) is 0 Å². The van der Waals surface area contributed by atoms with Gasteiger partial charge in [-0.2, -0.15) is 0 Å². The van der Waals surface area contributed by atoms with E-state index in [0.717, 1.165) is 25.6 Å². The van der Waals surface area contributed by atoms with E-state index in [1.807, 2.05) is 30.5 Å². The van der Waals surface area contributed by atoms with Gasteiger partial charge in [0.2, 0.25) is 0 Å². The highest BCUT2D eigenvalue weighted by Gasteiger charge is 2.02. The molecule has 0 saturated heterocycles. The van der Waals surface area contributed by atoms with E-state index in [1.54, 1.807) is 23.1 Å². The summed E-state index contributed by atoms with van der Waals surface area (Å²) in [6.45, 7) is 0.569. The third kappa shape index (κ3) is 3.22. The van der Waals surface area contributed by atoms with E-state index in [0.29, 0.717) is 6.54 Å². The van der Waals surface area contributed by atoms with Gasteiger partial charge in [0.25, 0.3) is 0 Å². The van der Waals surface area contributed by atoms with Crippen molar-refractivity contribution in [2.45, 2.75) is 17.2 Å². The number of benzene rings is 1. The topological polar surface area (TPSA) is 38.9 Å². The van der Waals surface area contributed by atoms with Crippen LogP contribution in [0.1, 0.15) is 9.88 Å². The highest BCUT2D eigenvalue weighted by molar-refractivity contribution is 7.98. The molecule has 1 aromatic heterocycles. The molecule has 2 nitrogen and oxygen atoms in total. The molecule has 1 heterocycles. The molecule has 2 N–H and O–H groups in total. The lowest BCUT2D eigenvalue weighted by Crippen LogP contribution is -1.91. The van der Waals surface area contributed by atoms with E-state index in [2.05, 4.69) is 4.98 Å². The monoisotopic (exact) mass is 270 g/mol. The fourth-order valence-electron chi connectivity index (χ4n) is 1.21. The van der Waals surface area contributed by atoms with E-state index < -0.39 is 0 Å². The summed E-state index contributed by atoms with van der Waals surface area (Å²) < 4.78 is 0. The smallest absolute Gasteiger partial charge is 0.103 e. The lowest BCUT2D eigenvalue weighted by Gasteiger charge is -1.99. The number of rotatable bonds is 4. The van der Waals surface area contributed by atoms with Crippen molar-refractivity contribution in [3.63, 3.8) is 0 Å². The summed E-state index contributed by atoms with van der Waals surface area (Å²) in [7, 11) is 0. The van der Waals surface area contributed by atoms with Crippen LogP contribution in [-0.2, 0) is 12.3 Å². The molecule has 0 fully saturated rings. The number of halogens is 1. The van der Waals surface area contributed by atoms with Crippen molar-refractivity contribution in [1.82, 2.24) is 4.98 Å². The molecule has 84 valence electrons. The fraction of sp³-hybridized carbons (Fsp3) is 0.182. The number of nitrogens with zero attached hydrogens (tertiary/aromatic N) is 1. The summed E-state index contributed by atoms with van der Waals surface area (Å²) in [6.07, 6.45) is 1.85. The van der Waals surface area contributed by atoms with Gasteiger partial charge in [-0.3, -0.25) is 0 Å². The Morgan fingerprint density at radius 2 is 2.31 bits per heavy atom. The van der Waals surface area contributed by atoms with Gasteiger partial charge in [0.1, 0.15) is 5.01 Å². The molecule has 0 aliphatic heterocycles. The van der Waals surface area contributed by atoms with Gasteiger partial charge in [-0.15, -0.1) is 23.1 Å². The van der Waals surface area contributed by atoms with E-state index in [9.17, 15) is 0 Å². The second kappa shape index (κ2) is 5.68. The Bertz CT molecular complexity index is 471. The Hall–Kier alpha value is -0.550. The Kier molecular flexibility index (Phi) is 4.23. The van der Waals surface area contributed by atoms with Crippen LogP contribution in [0.2, 0.25) is 5.02 Å². The standard InChI is InChI=1S/C11H11ClN2S2/c12-8-2-1-3-9(4-8)15-7-11-14-6-10(5-13)16-11/h1-4,6H,5,7,13H2. The summed E-state index contributed by atoms with van der Waals surface area (Å²) in [4.78, 5) is 6.60. The van der Waals surface area contributed by atoms with Crippen LogP contribution in [0.3, 0.4) is 0 Å². The zero-order valence-electron chi connectivity index (χ0n) is 8.52. The maximum atomic E-state index is 5.91. The van der Waals surface area contributed by atoms with Gasteiger partial charge in [-0.1, -0.05) is 17.7 Å². The lowest BCUT2D eigenvalue weighted by atomic mass is 10.4. The summed E-state index contributed by atoms with van der Waals surface area (Å²) in [5, 5.41) is 1.87. The molecule has 0 spiro atoms. The minimum Gasteiger partial charge on any atom is -0.326 e. The van der Waals surface area contributed by atoms with Crippen molar-refractivity contribution in [3.8, 4) is 0 Å². The van der Waals surface area contributed by atoms with Crippen LogP contribution in [0.5, 0.6) is 0 Å². The van der Waals surface area contributed by atoms with E-state index in [-0.39, 0.29) is 0 Å². The van der Waals surface area contributed by atoms with E-state index >= 15 is 0 Å². The first-order chi connectivity index (χ1) is 7.78. The third-order valence-electron chi connectivity index (χ3n) is 1.96. The Morgan fingerprint density at radius 3 is 3.00 bits per heavy atom. The Balaban J connectivity index is 1.96. The van der Waals surface area contributed by atoms with Crippen molar-refractivity contribution < 1.29 is 0 Å². The van der Waals surface area contributed by atoms with Crippen LogP contribution in [0, 0.1) is 0 Å². The fourth-order valence-corrected chi connectivity index (χ4v) is 3.23. The van der Waals surface area contributed by atoms with Crippen molar-refractivity contribution in [1.29, 1.82) is 0 Å². The van der Waals surface area contributed by atoms with Gasteiger partial charge in [-0.25, -0.2) is 4.98 Å². The molecule has 2 aromatic rings. The van der Waals surface area contributed by atoms with Crippen LogP contribution in [-0.4, -0.2) is 4.98 Å². The maximum absolute atomic E-state index is 5.91. The number of aromatic nitrogens is 1. The number of thioether (sulfide) groups is 1. The van der Waals surface area contributed by atoms with E-state index in [1.165, 1.54) is 0 Å². The molecule has 0 unspecified atom stereocenters. The molecule has 0 radical (unpaired) electrons. The average molecular weight is 271 g/mol. The molecule has 16 heavy (non-hydrogen) atoms. The number of thiazole rings is 1. The average Bonchev–Trinajstić information content (AvgIpc) is 2.74. The van der Waals surface area contributed by atoms with Gasteiger partial charge in [0, 0.05) is 27.5 Å². The van der Waals surface area contributed by atoms with Crippen molar-refractivity contribution in [3.05, 3.63) is 45.4 Å². The minimum absolute atomic E-state index is 0.569. The molecule has 1 aromatic carbocycles. The molecule has 0 bridgehead atoms. The van der Waals surface area contributed by atoms with Gasteiger partial charge >= 0.3 is 0 Å². The van der Waals surface area contributed by atoms with Crippen LogP contribution < -0.4 is 5.73 Å². The molecule has 0 aliphatic rings. The van der Waals surface area contributed by atoms with Crippen LogP contribution in [0.15, 0.2) is 35.4 Å². The minimum atomic E-state index is 0.569. The molecule has 0 aliphatic carbocycles. The highest BCUT2D eigenvalue weighted by Crippen LogP contribution is 2.26. The van der Waals surface area contributed by atoms with Crippen LogP contribution >= 0.6 is 34.7 Å². The number of nitrogens with two attached hydrogens (primary N) is 1. The Labute approximate surface area is 108 Å². The highest BCUT2D eigenvalue weighted by atomic mass is 35.5. The quantitative estimate of drug-likeness (QED) is 0.864. The first-order valence-corrected chi connectivity index (χ1v) is 6.98. The van der Waals surface area contributed by atoms with Crippen molar-refractivity contribution >= 4 is 34.7 Å². The largest absolute Gasteiger partial charge is 0.326 e. The summed E-state index contributed by atoms with van der Waals surface area (Å²) in [6, 6.07) is 7.84. The lowest BCUT2D eigenvalue weighted by molar-refractivity contribution is 1.09. The summed E-state index contributed by atoms with van der Waals surface area (Å²) in [5.74, 6) is 0.866. The predicted octanol–water partition coefficient (Wildman–Crippen LogP) is 3.55. The third-order valence-corrected chi connectivity index (χ3v) is 4.40. The van der Waals surface area contributed by atoms with Crippen LogP contribution in [0.25, 0.3) is 0 Å². The molecule has 5 heteroatoms. The van der Waals surface area contributed by atoms with Crippen molar-refractivity contribution in [2.24, 2.45) is 5.73 Å². The van der Waals surface area contributed by atoms with E-state index in [4.69, 9.17) is 17.3 Å². The zero-order valence-corrected chi connectivity index (χ0v) is 10.9. The molecule has 0 saturated carbocycles. The molecule has 2 rings (SSSR count). The van der Waals surface area contributed by atoms with Gasteiger partial charge < -0.3 is 5.73 Å². The molecule has 0 atom stereocenters. The predicted molar refractivity (Wildman–Crippen MR) is 71.0 cm³/mol. The van der Waals surface area contributed by atoms with Crippen LogP contribution in [0.4, 0.5) is 0 Å². The summed E-state index contributed by atoms with van der Waals surface area (Å²) >= 11 is 9.31. The first kappa shape index (κ1) is 11.9. The number of hydrogen-bond donors (Lipinski definition) is 1. The number of hydrogen-bond acceptors (Lipinski definition) is 4. The molecular weight excluding hydrogens is 260 g/mol. The second-order valence-corrected chi connectivity index (χ2v) is 5.86.